The summed E-state index contributed by atoms with van der Waals surface area (Å²) in [6.07, 6.45) is 1.18. The molecule has 2 saturated heterocycles. The van der Waals surface area contributed by atoms with Crippen molar-refractivity contribution >= 4 is 16.0 Å². The summed E-state index contributed by atoms with van der Waals surface area (Å²) in [7, 11) is -3.64. The average Bonchev–Trinajstić information content (AvgIpc) is 3.17. The van der Waals surface area contributed by atoms with Crippen molar-refractivity contribution in [2.75, 3.05) is 32.9 Å². The highest BCUT2D eigenvalue weighted by atomic mass is 32.2. The van der Waals surface area contributed by atoms with Crippen LogP contribution in [0.4, 0.5) is 0 Å². The molecule has 0 amide bonds. The number of benzene rings is 1. The van der Waals surface area contributed by atoms with Crippen LogP contribution in [0.25, 0.3) is 0 Å². The number of sulfonamides is 1. The second-order valence-corrected chi connectivity index (χ2v) is 8.04. The molecular formula is C17H23NO6S. The van der Waals surface area contributed by atoms with E-state index in [1.54, 1.807) is 19.1 Å². The van der Waals surface area contributed by atoms with Crippen LogP contribution in [0.3, 0.4) is 0 Å². The molecule has 8 heteroatoms. The molecule has 2 aliphatic heterocycles. The summed E-state index contributed by atoms with van der Waals surface area (Å²) in [4.78, 5) is 11.9. The fourth-order valence-electron chi connectivity index (χ4n) is 3.18. The van der Waals surface area contributed by atoms with Gasteiger partial charge in [0.2, 0.25) is 10.0 Å². The first-order valence-corrected chi connectivity index (χ1v) is 9.97. The highest BCUT2D eigenvalue weighted by molar-refractivity contribution is 7.89. The minimum absolute atomic E-state index is 0.116. The lowest BCUT2D eigenvalue weighted by molar-refractivity contribution is -0.0938. The van der Waals surface area contributed by atoms with Crippen LogP contribution in [0.1, 0.15) is 30.1 Å². The first-order valence-electron chi connectivity index (χ1n) is 8.53. The molecule has 25 heavy (non-hydrogen) atoms. The molecule has 0 N–H and O–H groups in total. The number of hydrogen-bond acceptors (Lipinski definition) is 6. The largest absolute Gasteiger partial charge is 0.462 e. The zero-order chi connectivity index (χ0) is 17.9. The van der Waals surface area contributed by atoms with Gasteiger partial charge >= 0.3 is 5.97 Å². The molecule has 1 aromatic carbocycles. The van der Waals surface area contributed by atoms with Gasteiger partial charge in [-0.2, -0.15) is 4.31 Å². The number of rotatable bonds is 5. The standard InChI is InChI=1S/C17H23NO6S/c1-2-22-16(19)14-4-3-5-15(12-14)25(20,21)18-8-6-13(7-9-18)17-23-10-11-24-17/h3-5,12-13,17H,2,6-11H2,1H3. The molecule has 0 bridgehead atoms. The predicted octanol–water partition coefficient (Wildman–Crippen LogP) is 1.64. The summed E-state index contributed by atoms with van der Waals surface area (Å²) >= 11 is 0. The van der Waals surface area contributed by atoms with Gasteiger partial charge in [0.15, 0.2) is 6.29 Å². The Labute approximate surface area is 147 Å². The number of nitrogens with zero attached hydrogens (tertiary/aromatic N) is 1. The molecule has 7 nitrogen and oxygen atoms in total. The summed E-state index contributed by atoms with van der Waals surface area (Å²) in [5.41, 5.74) is 0.241. The molecule has 3 rings (SSSR count). The van der Waals surface area contributed by atoms with Crippen LogP contribution < -0.4 is 0 Å². The Bertz CT molecular complexity index is 706. The van der Waals surface area contributed by atoms with Crippen molar-refractivity contribution in [3.8, 4) is 0 Å². The number of carbonyl (C=O) groups excluding carboxylic acids is 1. The van der Waals surface area contributed by atoms with Gasteiger partial charge in [0.05, 0.1) is 30.3 Å². The van der Waals surface area contributed by atoms with Gasteiger partial charge in [0, 0.05) is 19.0 Å². The molecule has 0 aromatic heterocycles. The van der Waals surface area contributed by atoms with Crippen LogP contribution in [0.15, 0.2) is 29.2 Å². The van der Waals surface area contributed by atoms with Gasteiger partial charge in [-0.1, -0.05) is 6.07 Å². The molecule has 1 aromatic rings. The van der Waals surface area contributed by atoms with E-state index in [0.29, 0.717) is 39.1 Å². The third kappa shape index (κ3) is 4.03. The molecule has 0 spiro atoms. The van der Waals surface area contributed by atoms with Gasteiger partial charge in [0.1, 0.15) is 0 Å². The number of hydrogen-bond donors (Lipinski definition) is 0. The van der Waals surface area contributed by atoms with Crippen molar-refractivity contribution in [3.05, 3.63) is 29.8 Å². The van der Waals surface area contributed by atoms with Crippen molar-refractivity contribution in [1.29, 1.82) is 0 Å². The van der Waals surface area contributed by atoms with E-state index >= 15 is 0 Å². The Hall–Kier alpha value is -1.48. The van der Waals surface area contributed by atoms with E-state index in [0.717, 1.165) is 0 Å². The second-order valence-electron chi connectivity index (χ2n) is 6.10. The van der Waals surface area contributed by atoms with Crippen molar-refractivity contribution in [2.24, 2.45) is 5.92 Å². The van der Waals surface area contributed by atoms with E-state index in [1.165, 1.54) is 16.4 Å². The Morgan fingerprint density at radius 3 is 2.56 bits per heavy atom. The average molecular weight is 369 g/mol. The normalized spacial score (nSPS) is 20.7. The lowest BCUT2D eigenvalue weighted by Gasteiger charge is -2.33. The Morgan fingerprint density at radius 1 is 1.24 bits per heavy atom. The smallest absolute Gasteiger partial charge is 0.338 e. The van der Waals surface area contributed by atoms with Crippen molar-refractivity contribution in [2.45, 2.75) is 31.0 Å². The quantitative estimate of drug-likeness (QED) is 0.734. The molecule has 2 aliphatic rings. The first-order chi connectivity index (χ1) is 12.0. The number of carbonyl (C=O) groups is 1. The molecule has 0 saturated carbocycles. The van der Waals surface area contributed by atoms with Crippen molar-refractivity contribution in [1.82, 2.24) is 4.31 Å². The fraction of sp³-hybridized carbons (Fsp3) is 0.588. The minimum atomic E-state index is -3.64. The SMILES string of the molecule is CCOC(=O)c1cccc(S(=O)(=O)N2CCC(C3OCCO3)CC2)c1. The maximum absolute atomic E-state index is 12.9. The van der Waals surface area contributed by atoms with Gasteiger partial charge in [-0.25, -0.2) is 13.2 Å². The van der Waals surface area contributed by atoms with E-state index in [2.05, 4.69) is 0 Å². The third-order valence-corrected chi connectivity index (χ3v) is 6.41. The molecule has 0 unspecified atom stereocenters. The van der Waals surface area contributed by atoms with Gasteiger partial charge in [-0.15, -0.1) is 0 Å². The molecule has 0 aliphatic carbocycles. The van der Waals surface area contributed by atoms with Gasteiger partial charge in [0.25, 0.3) is 0 Å². The van der Waals surface area contributed by atoms with Crippen LogP contribution >= 0.6 is 0 Å². The molecule has 138 valence electrons. The first kappa shape index (κ1) is 18.3. The van der Waals surface area contributed by atoms with Crippen LogP contribution in [0.5, 0.6) is 0 Å². The Morgan fingerprint density at radius 2 is 1.92 bits per heavy atom. The maximum atomic E-state index is 12.9. The minimum Gasteiger partial charge on any atom is -0.462 e. The summed E-state index contributed by atoms with van der Waals surface area (Å²) in [6, 6.07) is 6.00. The second kappa shape index (κ2) is 7.82. The predicted molar refractivity (Wildman–Crippen MR) is 89.6 cm³/mol. The summed E-state index contributed by atoms with van der Waals surface area (Å²) in [6.45, 7) is 3.99. The summed E-state index contributed by atoms with van der Waals surface area (Å²) in [5, 5.41) is 0. The van der Waals surface area contributed by atoms with E-state index in [-0.39, 0.29) is 29.3 Å². The lowest BCUT2D eigenvalue weighted by Crippen LogP contribution is -2.41. The number of esters is 1. The van der Waals surface area contributed by atoms with Crippen molar-refractivity contribution < 1.29 is 27.4 Å². The maximum Gasteiger partial charge on any atom is 0.338 e. The fourth-order valence-corrected chi connectivity index (χ4v) is 4.70. The zero-order valence-electron chi connectivity index (χ0n) is 14.2. The molecular weight excluding hydrogens is 346 g/mol. The molecule has 2 heterocycles. The van der Waals surface area contributed by atoms with Crippen LogP contribution in [-0.4, -0.2) is 57.9 Å². The summed E-state index contributed by atoms with van der Waals surface area (Å²) < 4.78 is 43.2. The van der Waals surface area contributed by atoms with E-state index < -0.39 is 16.0 Å². The van der Waals surface area contributed by atoms with Gasteiger partial charge in [-0.3, -0.25) is 0 Å². The van der Waals surface area contributed by atoms with E-state index in [9.17, 15) is 13.2 Å². The van der Waals surface area contributed by atoms with Gasteiger partial charge < -0.3 is 14.2 Å². The Kier molecular flexibility index (Phi) is 5.73. The lowest BCUT2D eigenvalue weighted by atomic mass is 9.98. The number of piperidine rings is 1. The van der Waals surface area contributed by atoms with Crippen LogP contribution in [0, 0.1) is 5.92 Å². The molecule has 0 radical (unpaired) electrons. The molecule has 2 fully saturated rings. The highest BCUT2D eigenvalue weighted by Crippen LogP contribution is 2.29. The Balaban J connectivity index is 1.69. The van der Waals surface area contributed by atoms with Gasteiger partial charge in [-0.05, 0) is 38.0 Å². The third-order valence-electron chi connectivity index (χ3n) is 4.51. The topological polar surface area (TPSA) is 82.1 Å². The summed E-state index contributed by atoms with van der Waals surface area (Å²) in [5.74, 6) is -0.298. The number of ether oxygens (including phenoxy) is 3. The highest BCUT2D eigenvalue weighted by Gasteiger charge is 2.35. The van der Waals surface area contributed by atoms with Crippen LogP contribution in [-0.2, 0) is 24.2 Å². The van der Waals surface area contributed by atoms with E-state index in [1.807, 2.05) is 0 Å². The van der Waals surface area contributed by atoms with Crippen molar-refractivity contribution in [3.63, 3.8) is 0 Å². The zero-order valence-corrected chi connectivity index (χ0v) is 15.0. The molecule has 0 atom stereocenters. The van der Waals surface area contributed by atoms with Crippen LogP contribution in [0.2, 0.25) is 0 Å². The van der Waals surface area contributed by atoms with E-state index in [4.69, 9.17) is 14.2 Å². The monoisotopic (exact) mass is 369 g/mol.